The smallest absolute Gasteiger partial charge is 0.119 e. The minimum Gasteiger partial charge on any atom is -0.494 e. The summed E-state index contributed by atoms with van der Waals surface area (Å²) in [4.78, 5) is 0. The largest absolute Gasteiger partial charge is 0.494 e. The lowest BCUT2D eigenvalue weighted by Gasteiger charge is -2.08. The van der Waals surface area contributed by atoms with Gasteiger partial charge >= 0.3 is 0 Å². The van der Waals surface area contributed by atoms with Gasteiger partial charge in [-0.05, 0) is 48.1 Å². The monoisotopic (exact) mass is 253 g/mol. The first-order chi connectivity index (χ1) is 8.22. The summed E-state index contributed by atoms with van der Waals surface area (Å²) < 4.78 is 5.63. The van der Waals surface area contributed by atoms with E-state index in [0.717, 1.165) is 30.4 Å². The van der Waals surface area contributed by atoms with Crippen LogP contribution < -0.4 is 10.5 Å². The number of rotatable bonds is 8. The molecule has 0 fully saturated rings. The predicted molar refractivity (Wildman–Crippen MR) is 77.7 cm³/mol. The third kappa shape index (κ3) is 6.47. The van der Waals surface area contributed by atoms with E-state index >= 15 is 0 Å². The van der Waals surface area contributed by atoms with Crippen molar-refractivity contribution in [1.29, 1.82) is 0 Å². The predicted octanol–water partition coefficient (Wildman–Crippen LogP) is 3.82. The van der Waals surface area contributed by atoms with E-state index < -0.39 is 0 Å². The van der Waals surface area contributed by atoms with Crippen molar-refractivity contribution in [1.82, 2.24) is 0 Å². The van der Waals surface area contributed by atoms with Gasteiger partial charge in [-0.2, -0.15) is 11.8 Å². The Morgan fingerprint density at radius 1 is 1.29 bits per heavy atom. The highest BCUT2D eigenvalue weighted by Crippen LogP contribution is 2.15. The van der Waals surface area contributed by atoms with Crippen molar-refractivity contribution in [2.24, 2.45) is 5.92 Å². The number of thioether (sulfide) groups is 1. The van der Waals surface area contributed by atoms with Gasteiger partial charge in [0.25, 0.3) is 0 Å². The van der Waals surface area contributed by atoms with Crippen LogP contribution in [-0.4, -0.2) is 18.1 Å². The minimum absolute atomic E-state index is 0.779. The van der Waals surface area contributed by atoms with Crippen LogP contribution >= 0.6 is 11.8 Å². The SMILES string of the molecule is CCC(C)CSCCCOc1ccc(N)cc1. The molecule has 0 saturated heterocycles. The Kier molecular flexibility index (Phi) is 6.94. The summed E-state index contributed by atoms with van der Waals surface area (Å²) in [6, 6.07) is 7.57. The van der Waals surface area contributed by atoms with Crippen molar-refractivity contribution in [3.8, 4) is 5.75 Å². The van der Waals surface area contributed by atoms with Crippen LogP contribution in [0.25, 0.3) is 0 Å². The first kappa shape index (κ1) is 14.2. The Labute approximate surface area is 109 Å². The van der Waals surface area contributed by atoms with Crippen LogP contribution in [0.5, 0.6) is 5.75 Å². The summed E-state index contributed by atoms with van der Waals surface area (Å²) >= 11 is 2.02. The van der Waals surface area contributed by atoms with Crippen molar-refractivity contribution in [2.45, 2.75) is 26.7 Å². The molecular weight excluding hydrogens is 230 g/mol. The maximum atomic E-state index is 5.63. The molecule has 0 amide bonds. The van der Waals surface area contributed by atoms with E-state index in [0.29, 0.717) is 0 Å². The van der Waals surface area contributed by atoms with E-state index in [1.165, 1.54) is 17.9 Å². The summed E-state index contributed by atoms with van der Waals surface area (Å²) in [5.41, 5.74) is 6.38. The van der Waals surface area contributed by atoms with Crippen LogP contribution in [0.15, 0.2) is 24.3 Å². The Morgan fingerprint density at radius 3 is 2.65 bits per heavy atom. The molecule has 1 atom stereocenters. The van der Waals surface area contributed by atoms with Gasteiger partial charge in [-0.25, -0.2) is 0 Å². The minimum atomic E-state index is 0.779. The molecule has 0 heterocycles. The van der Waals surface area contributed by atoms with Gasteiger partial charge in [-0.15, -0.1) is 0 Å². The van der Waals surface area contributed by atoms with Gasteiger partial charge in [0.2, 0.25) is 0 Å². The molecule has 96 valence electrons. The van der Waals surface area contributed by atoms with E-state index in [2.05, 4.69) is 13.8 Å². The lowest BCUT2D eigenvalue weighted by atomic mass is 10.2. The van der Waals surface area contributed by atoms with Crippen molar-refractivity contribution >= 4 is 17.4 Å². The maximum absolute atomic E-state index is 5.63. The van der Waals surface area contributed by atoms with Gasteiger partial charge in [-0.1, -0.05) is 20.3 Å². The number of anilines is 1. The number of hydrogen-bond donors (Lipinski definition) is 1. The standard InChI is InChI=1S/C14H23NOS/c1-3-12(2)11-17-10-4-9-16-14-7-5-13(15)6-8-14/h5-8,12H,3-4,9-11,15H2,1-2H3. The van der Waals surface area contributed by atoms with E-state index in [9.17, 15) is 0 Å². The molecule has 0 aliphatic carbocycles. The molecule has 0 aliphatic rings. The van der Waals surface area contributed by atoms with E-state index in [1.807, 2.05) is 36.0 Å². The van der Waals surface area contributed by atoms with E-state index in [4.69, 9.17) is 10.5 Å². The first-order valence-electron chi connectivity index (χ1n) is 6.28. The Hall–Kier alpha value is -0.830. The van der Waals surface area contributed by atoms with Crippen molar-refractivity contribution < 1.29 is 4.74 Å². The molecule has 1 aromatic carbocycles. The summed E-state index contributed by atoms with van der Waals surface area (Å²) in [6.45, 7) is 5.34. The zero-order valence-electron chi connectivity index (χ0n) is 10.8. The summed E-state index contributed by atoms with van der Waals surface area (Å²) in [5, 5.41) is 0. The van der Waals surface area contributed by atoms with E-state index in [-0.39, 0.29) is 0 Å². The van der Waals surface area contributed by atoms with Crippen LogP contribution in [-0.2, 0) is 0 Å². The topological polar surface area (TPSA) is 35.2 Å². The Bertz CT molecular complexity index is 300. The fraction of sp³-hybridized carbons (Fsp3) is 0.571. The van der Waals surface area contributed by atoms with Gasteiger partial charge in [0.05, 0.1) is 6.61 Å². The van der Waals surface area contributed by atoms with Crippen molar-refractivity contribution in [2.75, 3.05) is 23.8 Å². The highest BCUT2D eigenvalue weighted by Gasteiger charge is 1.98. The maximum Gasteiger partial charge on any atom is 0.119 e. The number of nitrogens with two attached hydrogens (primary N) is 1. The lowest BCUT2D eigenvalue weighted by Crippen LogP contribution is -2.01. The second-order valence-electron chi connectivity index (χ2n) is 4.36. The van der Waals surface area contributed by atoms with Crippen molar-refractivity contribution in [3.63, 3.8) is 0 Å². The molecule has 0 spiro atoms. The normalized spacial score (nSPS) is 12.4. The summed E-state index contributed by atoms with van der Waals surface area (Å²) in [6.07, 6.45) is 2.38. The fourth-order valence-electron chi connectivity index (χ4n) is 1.32. The summed E-state index contributed by atoms with van der Waals surface area (Å²) in [5.74, 6) is 4.18. The Balaban J connectivity index is 2.02. The molecule has 2 N–H and O–H groups in total. The number of nitrogen functional groups attached to an aromatic ring is 1. The highest BCUT2D eigenvalue weighted by atomic mass is 32.2. The fourth-order valence-corrected chi connectivity index (χ4v) is 2.44. The average Bonchev–Trinajstić information content (AvgIpc) is 2.35. The molecule has 3 heteroatoms. The molecule has 1 aromatic rings. The molecule has 0 aliphatic heterocycles. The van der Waals surface area contributed by atoms with E-state index in [1.54, 1.807) is 0 Å². The van der Waals surface area contributed by atoms with Crippen LogP contribution in [0.4, 0.5) is 5.69 Å². The van der Waals surface area contributed by atoms with Crippen LogP contribution in [0.2, 0.25) is 0 Å². The van der Waals surface area contributed by atoms with Crippen molar-refractivity contribution in [3.05, 3.63) is 24.3 Å². The lowest BCUT2D eigenvalue weighted by molar-refractivity contribution is 0.319. The third-order valence-corrected chi connectivity index (χ3v) is 4.06. The van der Waals surface area contributed by atoms with Crippen LogP contribution in [0, 0.1) is 5.92 Å². The Morgan fingerprint density at radius 2 is 2.00 bits per heavy atom. The molecule has 0 aromatic heterocycles. The molecular formula is C14H23NOS. The van der Waals surface area contributed by atoms with Gasteiger partial charge in [-0.3, -0.25) is 0 Å². The van der Waals surface area contributed by atoms with Gasteiger partial charge in [0, 0.05) is 5.69 Å². The zero-order valence-corrected chi connectivity index (χ0v) is 11.6. The quantitative estimate of drug-likeness (QED) is 0.565. The second-order valence-corrected chi connectivity index (χ2v) is 5.51. The average molecular weight is 253 g/mol. The second kappa shape index (κ2) is 8.29. The molecule has 0 bridgehead atoms. The van der Waals surface area contributed by atoms with Gasteiger partial charge in [0.1, 0.15) is 5.75 Å². The molecule has 1 unspecified atom stereocenters. The number of ether oxygens (including phenoxy) is 1. The number of benzene rings is 1. The molecule has 1 rings (SSSR count). The van der Waals surface area contributed by atoms with Crippen LogP contribution in [0.1, 0.15) is 26.7 Å². The molecule has 2 nitrogen and oxygen atoms in total. The molecule has 0 radical (unpaired) electrons. The first-order valence-corrected chi connectivity index (χ1v) is 7.44. The van der Waals surface area contributed by atoms with Gasteiger partial charge < -0.3 is 10.5 Å². The zero-order chi connectivity index (χ0) is 12.5. The molecule has 17 heavy (non-hydrogen) atoms. The molecule has 0 saturated carbocycles. The van der Waals surface area contributed by atoms with Crippen LogP contribution in [0.3, 0.4) is 0 Å². The van der Waals surface area contributed by atoms with Gasteiger partial charge in [0.15, 0.2) is 0 Å². The third-order valence-electron chi connectivity index (χ3n) is 2.68. The summed E-state index contributed by atoms with van der Waals surface area (Å²) in [7, 11) is 0. The highest BCUT2D eigenvalue weighted by molar-refractivity contribution is 7.99. The number of hydrogen-bond acceptors (Lipinski definition) is 3.